The number of ether oxygens (including phenoxy) is 2. The minimum absolute atomic E-state index is 0.0252. The van der Waals surface area contributed by atoms with E-state index in [0.29, 0.717) is 21.5 Å². The SMILES string of the molecule is COc1cc(Br)c(S(=O)(=O)NCc2ccc(F)cc2)cc1OC. The zero-order chi connectivity index (χ0) is 17.0. The molecule has 5 nitrogen and oxygen atoms in total. The lowest BCUT2D eigenvalue weighted by molar-refractivity contribution is 0.353. The zero-order valence-corrected chi connectivity index (χ0v) is 14.9. The van der Waals surface area contributed by atoms with Gasteiger partial charge in [-0.1, -0.05) is 12.1 Å². The second-order valence-electron chi connectivity index (χ2n) is 4.59. The van der Waals surface area contributed by atoms with Crippen molar-refractivity contribution in [1.29, 1.82) is 0 Å². The molecule has 0 aliphatic heterocycles. The summed E-state index contributed by atoms with van der Waals surface area (Å²) >= 11 is 3.22. The van der Waals surface area contributed by atoms with E-state index >= 15 is 0 Å². The van der Waals surface area contributed by atoms with Crippen molar-refractivity contribution in [2.45, 2.75) is 11.4 Å². The molecule has 2 rings (SSSR count). The Kier molecular flexibility index (Phi) is 5.61. The van der Waals surface area contributed by atoms with Crippen molar-refractivity contribution in [2.24, 2.45) is 0 Å². The van der Waals surface area contributed by atoms with Gasteiger partial charge in [0.1, 0.15) is 10.7 Å². The van der Waals surface area contributed by atoms with Crippen molar-refractivity contribution in [3.8, 4) is 11.5 Å². The lowest BCUT2D eigenvalue weighted by atomic mass is 10.2. The molecule has 0 heterocycles. The van der Waals surface area contributed by atoms with Crippen LogP contribution in [0.25, 0.3) is 0 Å². The van der Waals surface area contributed by atoms with Crippen LogP contribution in [0, 0.1) is 5.82 Å². The number of sulfonamides is 1. The summed E-state index contributed by atoms with van der Waals surface area (Å²) in [5.41, 5.74) is 0.645. The van der Waals surface area contributed by atoms with Gasteiger partial charge in [0.2, 0.25) is 10.0 Å². The van der Waals surface area contributed by atoms with Gasteiger partial charge in [-0.05, 0) is 39.7 Å². The first-order chi connectivity index (χ1) is 10.9. The standard InChI is InChI=1S/C15H15BrFNO4S/c1-21-13-7-12(16)15(8-14(13)22-2)23(19,20)18-9-10-3-5-11(17)6-4-10/h3-8,18H,9H2,1-2H3. The zero-order valence-electron chi connectivity index (χ0n) is 12.5. The summed E-state index contributed by atoms with van der Waals surface area (Å²) in [5.74, 6) is 0.342. The van der Waals surface area contributed by atoms with Crippen molar-refractivity contribution in [2.75, 3.05) is 14.2 Å². The third-order valence-corrected chi connectivity index (χ3v) is 5.47. The Morgan fingerprint density at radius 3 is 2.22 bits per heavy atom. The van der Waals surface area contributed by atoms with Crippen LogP contribution in [-0.2, 0) is 16.6 Å². The average molecular weight is 404 g/mol. The highest BCUT2D eigenvalue weighted by molar-refractivity contribution is 9.10. The minimum Gasteiger partial charge on any atom is -0.493 e. The third-order valence-electron chi connectivity index (χ3n) is 3.11. The maximum atomic E-state index is 12.9. The van der Waals surface area contributed by atoms with Crippen molar-refractivity contribution in [3.63, 3.8) is 0 Å². The fourth-order valence-corrected chi connectivity index (χ4v) is 3.95. The number of nitrogens with one attached hydrogen (secondary N) is 1. The molecule has 0 aliphatic carbocycles. The summed E-state index contributed by atoms with van der Waals surface area (Å²) in [5, 5.41) is 0. The Morgan fingerprint density at radius 2 is 1.65 bits per heavy atom. The van der Waals surface area contributed by atoms with E-state index in [2.05, 4.69) is 20.7 Å². The van der Waals surface area contributed by atoms with Gasteiger partial charge in [0.05, 0.1) is 14.2 Å². The van der Waals surface area contributed by atoms with Gasteiger partial charge in [0.15, 0.2) is 11.5 Å². The third kappa shape index (κ3) is 4.21. The molecule has 0 saturated heterocycles. The maximum Gasteiger partial charge on any atom is 0.242 e. The van der Waals surface area contributed by atoms with Crippen molar-refractivity contribution >= 4 is 26.0 Å². The fourth-order valence-electron chi connectivity index (χ4n) is 1.90. The van der Waals surface area contributed by atoms with E-state index < -0.39 is 10.0 Å². The average Bonchev–Trinajstić information content (AvgIpc) is 2.53. The lowest BCUT2D eigenvalue weighted by Crippen LogP contribution is -2.23. The van der Waals surface area contributed by atoms with Gasteiger partial charge in [-0.2, -0.15) is 0 Å². The smallest absolute Gasteiger partial charge is 0.242 e. The Morgan fingerprint density at radius 1 is 1.09 bits per heavy atom. The molecule has 1 N–H and O–H groups in total. The lowest BCUT2D eigenvalue weighted by Gasteiger charge is -2.13. The summed E-state index contributed by atoms with van der Waals surface area (Å²) < 4.78 is 50.8. The molecule has 0 saturated carbocycles. The number of halogens is 2. The van der Waals surface area contributed by atoms with Gasteiger partial charge < -0.3 is 9.47 Å². The highest BCUT2D eigenvalue weighted by atomic mass is 79.9. The first-order valence-electron chi connectivity index (χ1n) is 6.53. The Hall–Kier alpha value is -1.64. The molecule has 8 heteroatoms. The van der Waals surface area contributed by atoms with Crippen LogP contribution in [0.5, 0.6) is 11.5 Å². The number of hydrogen-bond acceptors (Lipinski definition) is 4. The molecular weight excluding hydrogens is 389 g/mol. The molecule has 2 aromatic rings. The molecule has 0 spiro atoms. The van der Waals surface area contributed by atoms with Gasteiger partial charge in [-0.3, -0.25) is 0 Å². The molecule has 0 amide bonds. The summed E-state index contributed by atoms with van der Waals surface area (Å²) in [6.07, 6.45) is 0. The maximum absolute atomic E-state index is 12.9. The van der Waals surface area contributed by atoms with Gasteiger partial charge in [0, 0.05) is 17.1 Å². The first-order valence-corrected chi connectivity index (χ1v) is 8.80. The normalized spacial score (nSPS) is 11.3. The molecule has 124 valence electrons. The Labute approximate surface area is 142 Å². The molecular formula is C15H15BrFNO4S. The minimum atomic E-state index is -3.78. The van der Waals surface area contributed by atoms with Crippen molar-refractivity contribution in [1.82, 2.24) is 4.72 Å². The van der Waals surface area contributed by atoms with Crippen LogP contribution in [0.15, 0.2) is 45.8 Å². The highest BCUT2D eigenvalue weighted by Crippen LogP contribution is 2.35. The van der Waals surface area contributed by atoms with E-state index in [1.807, 2.05) is 0 Å². The molecule has 2 aromatic carbocycles. The second-order valence-corrected chi connectivity index (χ2v) is 7.18. The van der Waals surface area contributed by atoms with E-state index in [1.165, 1.54) is 50.6 Å². The fraction of sp³-hybridized carbons (Fsp3) is 0.200. The molecule has 23 heavy (non-hydrogen) atoms. The van der Waals surface area contributed by atoms with E-state index in [4.69, 9.17) is 9.47 Å². The summed E-state index contributed by atoms with van der Waals surface area (Å²) in [6, 6.07) is 8.47. The van der Waals surface area contributed by atoms with Crippen molar-refractivity contribution < 1.29 is 22.3 Å². The molecule has 0 bridgehead atoms. The molecule has 0 atom stereocenters. The predicted octanol–water partition coefficient (Wildman–Crippen LogP) is 3.08. The molecule has 0 radical (unpaired) electrons. The van der Waals surface area contributed by atoms with Gasteiger partial charge >= 0.3 is 0 Å². The first kappa shape index (κ1) is 17.7. The topological polar surface area (TPSA) is 64.6 Å². The number of hydrogen-bond donors (Lipinski definition) is 1. The van der Waals surface area contributed by atoms with E-state index in [1.54, 1.807) is 0 Å². The summed E-state index contributed by atoms with van der Waals surface area (Å²) in [7, 11) is -0.895. The van der Waals surface area contributed by atoms with Crippen molar-refractivity contribution in [3.05, 3.63) is 52.3 Å². The van der Waals surface area contributed by atoms with Crippen LogP contribution in [0.2, 0.25) is 0 Å². The van der Waals surface area contributed by atoms with Crippen LogP contribution in [0.4, 0.5) is 4.39 Å². The highest BCUT2D eigenvalue weighted by Gasteiger charge is 2.21. The molecule has 0 unspecified atom stereocenters. The van der Waals surface area contributed by atoms with E-state index in [0.717, 1.165) is 0 Å². The number of benzene rings is 2. The van der Waals surface area contributed by atoms with Crippen LogP contribution < -0.4 is 14.2 Å². The molecule has 0 aliphatic rings. The van der Waals surface area contributed by atoms with Gasteiger partial charge in [-0.25, -0.2) is 17.5 Å². The number of rotatable bonds is 6. The molecule has 0 aromatic heterocycles. The monoisotopic (exact) mass is 403 g/mol. The largest absolute Gasteiger partial charge is 0.493 e. The van der Waals surface area contributed by atoms with E-state index in [-0.39, 0.29) is 17.3 Å². The van der Waals surface area contributed by atoms with Crippen LogP contribution in [0.3, 0.4) is 0 Å². The van der Waals surface area contributed by atoms with Crippen LogP contribution in [-0.4, -0.2) is 22.6 Å². The van der Waals surface area contributed by atoms with Gasteiger partial charge in [0.25, 0.3) is 0 Å². The quantitative estimate of drug-likeness (QED) is 0.804. The van der Waals surface area contributed by atoms with Crippen LogP contribution >= 0.6 is 15.9 Å². The Balaban J connectivity index is 2.27. The summed E-state index contributed by atoms with van der Waals surface area (Å²) in [6.45, 7) is 0.0450. The van der Waals surface area contributed by atoms with Gasteiger partial charge in [-0.15, -0.1) is 0 Å². The Bertz CT molecular complexity index is 794. The predicted molar refractivity (Wildman–Crippen MR) is 87.7 cm³/mol. The van der Waals surface area contributed by atoms with Crippen LogP contribution in [0.1, 0.15) is 5.56 Å². The molecule has 0 fully saturated rings. The summed E-state index contributed by atoms with van der Waals surface area (Å²) in [4.78, 5) is 0.0252. The number of methoxy groups -OCH3 is 2. The second kappa shape index (κ2) is 7.29. The van der Waals surface area contributed by atoms with E-state index in [9.17, 15) is 12.8 Å².